The largest absolute Gasteiger partial charge is 0.463 e. The first-order valence-electron chi connectivity index (χ1n) is 37.7. The second kappa shape index (κ2) is 39.3. The van der Waals surface area contributed by atoms with Crippen molar-refractivity contribution in [2.45, 2.75) is 222 Å². The summed E-state index contributed by atoms with van der Waals surface area (Å²) in [5.74, 6) is -9.03. The van der Waals surface area contributed by atoms with Gasteiger partial charge in [0.05, 0.1) is 46.2 Å². The van der Waals surface area contributed by atoms with Crippen molar-refractivity contribution in [2.24, 2.45) is 0 Å². The van der Waals surface area contributed by atoms with Gasteiger partial charge in [0.1, 0.15) is 79.7 Å². The van der Waals surface area contributed by atoms with E-state index in [0.29, 0.717) is 27.8 Å². The normalized spacial score (nSPS) is 30.0. The predicted octanol–water partition coefficient (Wildman–Crippen LogP) is 8.56. The van der Waals surface area contributed by atoms with Gasteiger partial charge in [-0.2, -0.15) is 0 Å². The lowest BCUT2D eigenvalue weighted by Crippen LogP contribution is -2.72. The summed E-state index contributed by atoms with van der Waals surface area (Å²) in [5, 5.41) is 8.97. The lowest BCUT2D eigenvalue weighted by Gasteiger charge is -2.54. The molecule has 0 spiro atoms. The summed E-state index contributed by atoms with van der Waals surface area (Å²) in [4.78, 5) is 130. The molecule has 0 aliphatic carbocycles. The summed E-state index contributed by atoms with van der Waals surface area (Å²) in [6.07, 6.45) is -32.5. The van der Waals surface area contributed by atoms with Crippen LogP contribution in [0, 0.1) is 5.41 Å². The standard InChI is InChI=1S/C83H90Cl3N3O28/c1-43-44(2)74(96)88(73(43)95)61-67(102-37-54-29-19-12-20-30-54)63(114-80-71(107-50(8)93)69(106-49(7)92)65(105-48(6)91)59(111-80)41-101-47(5)90)57(39-99-35-52-25-15-10-16-26-52)109-78(61)116-70-66-60(42-104-77(113-66)56-33-23-14-24-34-56)112-81(72(70)108-51(9)94)115-64-58(40-100-36-53-27-17-11-18-28-53)110-79(117-82(87)83(84,85)86)62(89-75(97)45(3)46(4)76(89)98)68(64)103-38-55-31-21-13-22-32-55/h10-34,57-72,77-81,87H,35-42H2,1-9H3/t57-,58-,59-,60-,61-,62-,63-,64-,65+,66+,67-,68-,69+,70+,71-,72-,77+,78+,79?,80+,81+/m1/s1. The van der Waals surface area contributed by atoms with Crippen molar-refractivity contribution in [3.05, 3.63) is 202 Å². The van der Waals surface area contributed by atoms with E-state index in [4.69, 9.17) is 130 Å². The summed E-state index contributed by atoms with van der Waals surface area (Å²) in [5.41, 5.74) is 3.00. The summed E-state index contributed by atoms with van der Waals surface area (Å²) in [7, 11) is 0. The summed E-state index contributed by atoms with van der Waals surface area (Å²) < 4.78 is 124. The van der Waals surface area contributed by atoms with Gasteiger partial charge < -0.3 is 90.0 Å². The van der Waals surface area contributed by atoms with Crippen molar-refractivity contribution < 1.29 is 133 Å². The van der Waals surface area contributed by atoms with Gasteiger partial charge in [-0.15, -0.1) is 0 Å². The highest BCUT2D eigenvalue weighted by Crippen LogP contribution is 2.46. The number of alkyl halides is 3. The van der Waals surface area contributed by atoms with E-state index in [1.165, 1.54) is 27.7 Å². The van der Waals surface area contributed by atoms with Gasteiger partial charge in [-0.1, -0.05) is 186 Å². The van der Waals surface area contributed by atoms with Crippen LogP contribution in [0.1, 0.15) is 96.4 Å². The van der Waals surface area contributed by atoms with Gasteiger partial charge in [0.25, 0.3) is 27.4 Å². The number of fused-ring (bicyclic) bond motifs is 1. The van der Waals surface area contributed by atoms with Gasteiger partial charge in [-0.05, 0) is 49.9 Å². The maximum absolute atomic E-state index is 15.5. The molecule has 7 heterocycles. The molecule has 7 aliphatic rings. The van der Waals surface area contributed by atoms with Crippen LogP contribution in [0.25, 0.3) is 0 Å². The molecule has 117 heavy (non-hydrogen) atoms. The third kappa shape index (κ3) is 21.0. The van der Waals surface area contributed by atoms with E-state index in [2.05, 4.69) is 0 Å². The number of nitrogens with zero attached hydrogens (tertiary/aromatic N) is 2. The van der Waals surface area contributed by atoms with Crippen molar-refractivity contribution in [1.29, 1.82) is 5.41 Å². The van der Waals surface area contributed by atoms with Crippen molar-refractivity contribution >= 4 is 94.2 Å². The smallest absolute Gasteiger partial charge is 0.303 e. The number of amides is 4. The van der Waals surface area contributed by atoms with Crippen LogP contribution in [0.5, 0.6) is 0 Å². The van der Waals surface area contributed by atoms with E-state index in [0.717, 1.165) is 44.4 Å². The fraction of sp³-hybridized carbons (Fsp3) is 0.470. The minimum Gasteiger partial charge on any atom is -0.463 e. The molecule has 21 atom stereocenters. The number of benzene rings is 5. The maximum atomic E-state index is 15.5. The monoisotopic (exact) mass is 1680 g/mol. The van der Waals surface area contributed by atoms with Gasteiger partial charge in [0, 0.05) is 62.5 Å². The molecule has 31 nitrogen and oxygen atoms in total. The van der Waals surface area contributed by atoms with Crippen LogP contribution >= 0.6 is 34.8 Å². The predicted molar refractivity (Wildman–Crippen MR) is 407 cm³/mol. The quantitative estimate of drug-likeness (QED) is 0.0112. The molecule has 1 N–H and O–H groups in total. The average Bonchev–Trinajstić information content (AvgIpc) is 1.58. The van der Waals surface area contributed by atoms with Crippen LogP contribution in [0.3, 0.4) is 0 Å². The van der Waals surface area contributed by atoms with Crippen molar-refractivity contribution in [3.8, 4) is 0 Å². The molecule has 5 aromatic rings. The average molecular weight is 1680 g/mol. The van der Waals surface area contributed by atoms with E-state index in [1.54, 1.807) is 133 Å². The molecule has 0 bridgehead atoms. The number of carbonyl (C=O) groups excluding carboxylic acids is 9. The Kier molecular flexibility index (Phi) is 29.3. The first-order valence-corrected chi connectivity index (χ1v) is 38.9. The van der Waals surface area contributed by atoms with Gasteiger partial charge in [-0.25, -0.2) is 0 Å². The molecule has 626 valence electrons. The van der Waals surface area contributed by atoms with Gasteiger partial charge in [0.15, 0.2) is 49.6 Å². The molecule has 0 saturated carbocycles. The molecule has 0 radical (unpaired) electrons. The molecule has 4 amide bonds. The van der Waals surface area contributed by atoms with E-state index in [-0.39, 0.29) is 55.3 Å². The maximum Gasteiger partial charge on any atom is 0.303 e. The second-order valence-electron chi connectivity index (χ2n) is 28.7. The van der Waals surface area contributed by atoms with E-state index < -0.39 is 212 Å². The minimum absolute atomic E-state index is 0.0173. The molecular weight excluding hydrogens is 1590 g/mol. The summed E-state index contributed by atoms with van der Waals surface area (Å²) in [6.45, 7) is 8.34. The van der Waals surface area contributed by atoms with Crippen LogP contribution in [0.4, 0.5) is 0 Å². The third-order valence-corrected chi connectivity index (χ3v) is 21.0. The third-order valence-electron chi connectivity index (χ3n) is 20.4. The Hall–Kier alpha value is -8.97. The van der Waals surface area contributed by atoms with Crippen LogP contribution in [-0.4, -0.2) is 222 Å². The lowest BCUT2D eigenvalue weighted by atomic mass is 9.92. The molecule has 12 rings (SSSR count). The van der Waals surface area contributed by atoms with Gasteiger partial charge >= 0.3 is 29.8 Å². The number of nitrogens with one attached hydrogen (secondary N) is 1. The Morgan fingerprint density at radius 2 is 0.761 bits per heavy atom. The number of ether oxygens (including phenoxy) is 19. The molecule has 0 aromatic heterocycles. The van der Waals surface area contributed by atoms with Crippen LogP contribution < -0.4 is 0 Å². The van der Waals surface area contributed by atoms with Crippen molar-refractivity contribution in [1.82, 2.24) is 9.80 Å². The number of imide groups is 2. The Labute approximate surface area is 688 Å². The molecule has 7 aliphatic heterocycles. The Balaban J connectivity index is 1.04. The zero-order chi connectivity index (χ0) is 83.5. The summed E-state index contributed by atoms with van der Waals surface area (Å²) >= 11 is 19.1. The number of halogens is 3. The topological polar surface area (TPSA) is 359 Å². The SMILES string of the molecule is CC(=O)OC[C@H]1O[C@@H](O[C@H]2[C@H](OCc3ccccc3)[C@@H](N3C(=O)C(C)=C(C)C3=O)[C@H](O[C@H]3[C@H]4O[C@@H](c5ccccc5)OC[C@H]4O[C@@H](O[C@H]4[C@H](OCc5ccccc5)[C@@H](N5C(=O)C(C)=C(C)C5=O)C(OC(=N)C(Cl)(Cl)Cl)O[C@@H]4COCc4ccccc4)[C@@H]3OC(C)=O)O[C@@H]2COCc2ccccc2)[C@H](OC(C)=O)[C@@H](OC(C)=O)[C@H]1OC(C)=O. The minimum atomic E-state index is -2.56. The number of hydrogen-bond donors (Lipinski definition) is 1. The molecule has 5 saturated heterocycles. The highest BCUT2D eigenvalue weighted by molar-refractivity contribution is 6.76. The van der Waals surface area contributed by atoms with Gasteiger partial charge in [0.2, 0.25) is 12.2 Å². The number of esters is 5. The molecule has 1 unspecified atom stereocenters. The van der Waals surface area contributed by atoms with E-state index >= 15 is 9.59 Å². The molecule has 34 heteroatoms. The lowest BCUT2D eigenvalue weighted by molar-refractivity contribution is -0.406. The number of carbonyl (C=O) groups is 9. The van der Waals surface area contributed by atoms with Crippen LogP contribution in [0.15, 0.2) is 174 Å². The zero-order valence-electron chi connectivity index (χ0n) is 65.2. The fourth-order valence-electron chi connectivity index (χ4n) is 14.7. The first-order chi connectivity index (χ1) is 56.0. The zero-order valence-corrected chi connectivity index (χ0v) is 67.4. The molecule has 5 aromatic carbocycles. The fourth-order valence-corrected chi connectivity index (χ4v) is 14.9. The molecular formula is C83H90Cl3N3O28. The highest BCUT2D eigenvalue weighted by atomic mass is 35.6. The second-order valence-corrected chi connectivity index (χ2v) is 30.9. The van der Waals surface area contributed by atoms with Crippen molar-refractivity contribution in [2.75, 3.05) is 26.4 Å². The highest BCUT2D eigenvalue weighted by Gasteiger charge is 2.64. The Morgan fingerprint density at radius 1 is 0.402 bits per heavy atom. The number of rotatable bonds is 30. The summed E-state index contributed by atoms with van der Waals surface area (Å²) in [6, 6.07) is 40.5. The van der Waals surface area contributed by atoms with Crippen LogP contribution in [0.2, 0.25) is 0 Å². The van der Waals surface area contributed by atoms with Crippen molar-refractivity contribution in [3.63, 3.8) is 0 Å². The van der Waals surface area contributed by atoms with E-state index in [1.807, 2.05) is 18.2 Å². The number of hydrogen-bond acceptors (Lipinski definition) is 29. The van der Waals surface area contributed by atoms with Gasteiger partial charge in [-0.3, -0.25) is 58.4 Å². The Bertz CT molecular complexity index is 4380. The van der Waals surface area contributed by atoms with E-state index in [9.17, 15) is 33.6 Å². The first kappa shape index (κ1) is 87.3. The molecule has 5 fully saturated rings. The Morgan fingerprint density at radius 3 is 1.19 bits per heavy atom. The van der Waals surface area contributed by atoms with Crippen LogP contribution in [-0.2, 0) is 160 Å².